The van der Waals surface area contributed by atoms with Crippen molar-refractivity contribution in [3.63, 3.8) is 0 Å². The van der Waals surface area contributed by atoms with Crippen LogP contribution in [0, 0.1) is 12.8 Å². The maximum Gasteiger partial charge on any atom is 0.227 e. The van der Waals surface area contributed by atoms with Gasteiger partial charge in [-0.15, -0.1) is 0 Å². The molecule has 15 heavy (non-hydrogen) atoms. The summed E-state index contributed by atoms with van der Waals surface area (Å²) in [5, 5.41) is 0. The second-order valence-electron chi connectivity index (χ2n) is 3.97. The molecule has 0 aromatic heterocycles. The van der Waals surface area contributed by atoms with Crippen LogP contribution in [0.5, 0.6) is 0 Å². The average molecular weight is 212 g/mol. The van der Waals surface area contributed by atoms with Gasteiger partial charge < -0.3 is 11.7 Å². The van der Waals surface area contributed by atoms with E-state index in [4.69, 9.17) is 4.74 Å². The van der Waals surface area contributed by atoms with Crippen molar-refractivity contribution in [3.05, 3.63) is 6.92 Å². The molecule has 0 saturated carbocycles. The molecule has 1 aliphatic heterocycles. The number of carbonyl (C=O) groups excluding carboxylic acids is 2. The first-order valence-corrected chi connectivity index (χ1v) is 5.26. The van der Waals surface area contributed by atoms with Crippen LogP contribution in [-0.2, 0) is 14.3 Å². The average Bonchev–Trinajstić information content (AvgIpc) is 2.44. The number of rotatable bonds is 5. The molecular weight excluding hydrogens is 194 g/mol. The lowest BCUT2D eigenvalue weighted by atomic mass is 10.1. The summed E-state index contributed by atoms with van der Waals surface area (Å²) in [7, 11) is 1.66. The van der Waals surface area contributed by atoms with Crippen LogP contribution in [0.4, 0.5) is 0 Å². The highest BCUT2D eigenvalue weighted by molar-refractivity contribution is 6.03. The minimum atomic E-state index is -0.377. The van der Waals surface area contributed by atoms with Gasteiger partial charge in [0.2, 0.25) is 11.8 Å². The van der Waals surface area contributed by atoms with Crippen LogP contribution in [0.1, 0.15) is 26.2 Å². The van der Waals surface area contributed by atoms with Crippen LogP contribution in [0.2, 0.25) is 0 Å². The fourth-order valence-corrected chi connectivity index (χ4v) is 1.64. The molecule has 2 atom stereocenters. The number of imide groups is 1. The van der Waals surface area contributed by atoms with Gasteiger partial charge in [-0.05, 0) is 19.8 Å². The summed E-state index contributed by atoms with van der Waals surface area (Å²) >= 11 is 0. The lowest BCUT2D eigenvalue weighted by Gasteiger charge is -2.16. The van der Waals surface area contributed by atoms with Crippen LogP contribution >= 0.6 is 0 Å². The third-order valence-electron chi connectivity index (χ3n) is 2.73. The van der Waals surface area contributed by atoms with E-state index in [-0.39, 0.29) is 30.3 Å². The number of ether oxygens (including phenoxy) is 1. The van der Waals surface area contributed by atoms with Crippen molar-refractivity contribution >= 4 is 11.8 Å². The van der Waals surface area contributed by atoms with Crippen molar-refractivity contribution in [2.24, 2.45) is 5.92 Å². The highest BCUT2D eigenvalue weighted by Gasteiger charge is 2.30. The molecule has 0 aromatic rings. The Morgan fingerprint density at radius 1 is 1.60 bits per heavy atom. The standard InChI is InChI=1S/C11H18NO3/c1-8-7-10(13)12(11(8)14)6-4-5-9(2)15-3/h8-9H,1,4-7H2,2-3H3/q-1. The van der Waals surface area contributed by atoms with Crippen molar-refractivity contribution in [1.82, 2.24) is 4.90 Å². The number of amides is 2. The van der Waals surface area contributed by atoms with Crippen LogP contribution in [0.3, 0.4) is 0 Å². The predicted molar refractivity (Wildman–Crippen MR) is 55.9 cm³/mol. The van der Waals surface area contributed by atoms with E-state index in [1.807, 2.05) is 6.92 Å². The minimum absolute atomic E-state index is 0.0925. The van der Waals surface area contributed by atoms with Crippen molar-refractivity contribution in [1.29, 1.82) is 0 Å². The van der Waals surface area contributed by atoms with Gasteiger partial charge in [0.05, 0.1) is 6.10 Å². The van der Waals surface area contributed by atoms with Gasteiger partial charge in [0, 0.05) is 20.1 Å². The zero-order valence-corrected chi connectivity index (χ0v) is 9.36. The summed E-state index contributed by atoms with van der Waals surface area (Å²) in [4.78, 5) is 24.2. The maximum absolute atomic E-state index is 11.5. The van der Waals surface area contributed by atoms with Gasteiger partial charge >= 0.3 is 0 Å². The summed E-state index contributed by atoms with van der Waals surface area (Å²) in [6.07, 6.45) is 2.08. The second-order valence-corrected chi connectivity index (χ2v) is 3.97. The Bertz CT molecular complexity index is 252. The zero-order valence-electron chi connectivity index (χ0n) is 9.36. The van der Waals surface area contributed by atoms with Crippen LogP contribution in [0.15, 0.2) is 0 Å². The van der Waals surface area contributed by atoms with Crippen LogP contribution < -0.4 is 0 Å². The molecule has 1 saturated heterocycles. The Labute approximate surface area is 90.6 Å². The molecule has 1 heterocycles. The Kier molecular flexibility index (Phi) is 4.27. The van der Waals surface area contributed by atoms with E-state index >= 15 is 0 Å². The third-order valence-corrected chi connectivity index (χ3v) is 2.73. The van der Waals surface area contributed by atoms with Crippen molar-refractivity contribution in [3.8, 4) is 0 Å². The normalized spacial score (nSPS) is 23.7. The molecule has 0 aromatic carbocycles. The summed E-state index contributed by atoms with van der Waals surface area (Å²) in [5.41, 5.74) is 0. The highest BCUT2D eigenvalue weighted by atomic mass is 16.5. The van der Waals surface area contributed by atoms with E-state index in [1.54, 1.807) is 7.11 Å². The summed E-state index contributed by atoms with van der Waals surface area (Å²) < 4.78 is 5.09. The van der Waals surface area contributed by atoms with Gasteiger partial charge in [0.15, 0.2) is 0 Å². The fourth-order valence-electron chi connectivity index (χ4n) is 1.64. The second kappa shape index (κ2) is 5.26. The molecule has 0 spiro atoms. The first-order chi connectivity index (χ1) is 7.06. The van der Waals surface area contributed by atoms with Crippen molar-refractivity contribution in [2.75, 3.05) is 13.7 Å². The molecule has 0 N–H and O–H groups in total. The van der Waals surface area contributed by atoms with Gasteiger partial charge in [0.1, 0.15) is 0 Å². The molecule has 0 radical (unpaired) electrons. The van der Waals surface area contributed by atoms with Gasteiger partial charge in [-0.25, -0.2) is 0 Å². The van der Waals surface area contributed by atoms with E-state index in [0.717, 1.165) is 12.8 Å². The summed E-state index contributed by atoms with van der Waals surface area (Å²) in [6, 6.07) is 0. The first-order valence-electron chi connectivity index (χ1n) is 5.26. The zero-order chi connectivity index (χ0) is 11.4. The molecule has 2 amide bonds. The Hall–Kier alpha value is -0.900. The number of nitrogens with zero attached hydrogens (tertiary/aromatic N) is 1. The number of hydrogen-bond donors (Lipinski definition) is 0. The predicted octanol–water partition coefficient (Wildman–Crippen LogP) is 1.01. The molecule has 0 bridgehead atoms. The van der Waals surface area contributed by atoms with E-state index in [9.17, 15) is 9.59 Å². The lowest BCUT2D eigenvalue weighted by Crippen LogP contribution is -2.31. The molecule has 1 rings (SSSR count). The van der Waals surface area contributed by atoms with E-state index < -0.39 is 0 Å². The van der Waals surface area contributed by atoms with E-state index in [2.05, 4.69) is 6.92 Å². The molecular formula is C11H18NO3-. The molecule has 4 heteroatoms. The van der Waals surface area contributed by atoms with Crippen LogP contribution in [-0.4, -0.2) is 36.5 Å². The van der Waals surface area contributed by atoms with Gasteiger partial charge in [0.25, 0.3) is 0 Å². The molecule has 4 nitrogen and oxygen atoms in total. The SMILES string of the molecule is [CH2-]C1CC(=O)N(CCCC(C)OC)C1=O. The lowest BCUT2D eigenvalue weighted by molar-refractivity contribution is -0.139. The first kappa shape index (κ1) is 12.2. The van der Waals surface area contributed by atoms with Crippen LogP contribution in [0.25, 0.3) is 0 Å². The van der Waals surface area contributed by atoms with E-state index in [0.29, 0.717) is 6.54 Å². The molecule has 86 valence electrons. The Balaban J connectivity index is 2.32. The van der Waals surface area contributed by atoms with Crippen molar-refractivity contribution in [2.45, 2.75) is 32.3 Å². The number of likely N-dealkylation sites (tertiary alicyclic amines) is 1. The smallest absolute Gasteiger partial charge is 0.227 e. The van der Waals surface area contributed by atoms with Gasteiger partial charge in [-0.3, -0.25) is 14.5 Å². The fraction of sp³-hybridized carbons (Fsp3) is 0.727. The number of methoxy groups -OCH3 is 1. The Morgan fingerprint density at radius 3 is 2.73 bits per heavy atom. The topological polar surface area (TPSA) is 46.6 Å². The quantitative estimate of drug-likeness (QED) is 0.504. The molecule has 1 aliphatic rings. The van der Waals surface area contributed by atoms with Crippen molar-refractivity contribution < 1.29 is 14.3 Å². The number of carbonyl (C=O) groups is 2. The molecule has 0 aliphatic carbocycles. The number of hydrogen-bond acceptors (Lipinski definition) is 3. The van der Waals surface area contributed by atoms with Gasteiger partial charge in [-0.1, -0.05) is 5.92 Å². The van der Waals surface area contributed by atoms with E-state index in [1.165, 1.54) is 4.90 Å². The molecule has 1 fully saturated rings. The highest BCUT2D eigenvalue weighted by Crippen LogP contribution is 2.18. The maximum atomic E-state index is 11.5. The Morgan fingerprint density at radius 2 is 2.27 bits per heavy atom. The summed E-state index contributed by atoms with van der Waals surface area (Å²) in [6.45, 7) is 6.11. The van der Waals surface area contributed by atoms with Gasteiger partial charge in [-0.2, -0.15) is 0 Å². The monoisotopic (exact) mass is 212 g/mol. The third kappa shape index (κ3) is 3.02. The molecule has 2 unspecified atom stereocenters. The summed E-state index contributed by atoms with van der Waals surface area (Å²) in [5.74, 6) is -0.604. The largest absolute Gasteiger partial charge is 0.382 e. The minimum Gasteiger partial charge on any atom is -0.382 e.